The second-order valence-corrected chi connectivity index (χ2v) is 7.07. The average Bonchev–Trinajstić information content (AvgIpc) is 2.57. The lowest BCUT2D eigenvalue weighted by Crippen LogP contribution is -2.39. The first-order valence-corrected chi connectivity index (χ1v) is 8.85. The summed E-state index contributed by atoms with van der Waals surface area (Å²) in [6.07, 6.45) is 0. The molecule has 0 aromatic heterocycles. The van der Waals surface area contributed by atoms with Gasteiger partial charge in [0.15, 0.2) is 6.73 Å². The van der Waals surface area contributed by atoms with Crippen LogP contribution in [0, 0.1) is 0 Å². The van der Waals surface area contributed by atoms with E-state index in [1.165, 1.54) is 0 Å². The fourth-order valence-electron chi connectivity index (χ4n) is 2.98. The number of rotatable bonds is 4. The van der Waals surface area contributed by atoms with Crippen molar-refractivity contribution in [2.24, 2.45) is 0 Å². The van der Waals surface area contributed by atoms with E-state index in [9.17, 15) is 4.79 Å². The molecule has 0 saturated carbocycles. The summed E-state index contributed by atoms with van der Waals surface area (Å²) in [6.45, 7) is 4.65. The van der Waals surface area contributed by atoms with Crippen LogP contribution in [0.25, 0.3) is 5.57 Å². The average molecular weight is 376 g/mol. The molecular weight excluding hydrogens is 357 g/mol. The molecule has 130 valence electrons. The van der Waals surface area contributed by atoms with Crippen molar-refractivity contribution >= 4 is 34.7 Å². The molecule has 3 rings (SSSR count). The van der Waals surface area contributed by atoms with Crippen LogP contribution in [0.15, 0.2) is 54.3 Å². The Hall–Kier alpha value is -1.97. The van der Waals surface area contributed by atoms with E-state index < -0.39 is 0 Å². The van der Waals surface area contributed by atoms with Crippen LogP contribution in [0.4, 0.5) is 0 Å². The molecular formula is C20H19Cl2NO2. The Bertz CT molecular complexity index is 797. The molecule has 1 aliphatic heterocycles. The smallest absolute Gasteiger partial charge is 0.260 e. The van der Waals surface area contributed by atoms with Crippen LogP contribution in [0.1, 0.15) is 30.9 Å². The first-order valence-electron chi connectivity index (χ1n) is 8.10. The molecule has 3 nitrogen and oxygen atoms in total. The van der Waals surface area contributed by atoms with E-state index >= 15 is 0 Å². The van der Waals surface area contributed by atoms with Gasteiger partial charge >= 0.3 is 0 Å². The van der Waals surface area contributed by atoms with Gasteiger partial charge in [0.2, 0.25) is 0 Å². The third-order valence-electron chi connectivity index (χ3n) is 4.30. The van der Waals surface area contributed by atoms with Gasteiger partial charge in [-0.25, -0.2) is 0 Å². The van der Waals surface area contributed by atoms with Gasteiger partial charge in [-0.1, -0.05) is 60.5 Å². The van der Waals surface area contributed by atoms with Crippen molar-refractivity contribution in [1.82, 2.24) is 4.90 Å². The van der Waals surface area contributed by atoms with Crippen LogP contribution < -0.4 is 0 Å². The zero-order valence-corrected chi connectivity index (χ0v) is 15.6. The van der Waals surface area contributed by atoms with Crippen molar-refractivity contribution in [1.29, 1.82) is 0 Å². The Morgan fingerprint density at radius 3 is 2.40 bits per heavy atom. The van der Waals surface area contributed by atoms with Gasteiger partial charge in [0.1, 0.15) is 5.76 Å². The highest BCUT2D eigenvalue weighted by Gasteiger charge is 2.28. The highest BCUT2D eigenvalue weighted by atomic mass is 35.5. The first-order chi connectivity index (χ1) is 12.0. The van der Waals surface area contributed by atoms with E-state index in [-0.39, 0.29) is 18.6 Å². The molecule has 0 fully saturated rings. The Morgan fingerprint density at radius 2 is 1.76 bits per heavy atom. The molecule has 1 atom stereocenters. The molecule has 5 heteroatoms. The molecule has 0 bridgehead atoms. The molecule has 1 unspecified atom stereocenters. The number of allylic oxidation sites excluding steroid dienone is 1. The molecule has 0 spiro atoms. The number of carbonyl (C=O) groups is 1. The van der Waals surface area contributed by atoms with Crippen molar-refractivity contribution in [3.8, 4) is 0 Å². The second-order valence-electron chi connectivity index (χ2n) is 6.20. The summed E-state index contributed by atoms with van der Waals surface area (Å²) >= 11 is 12.2. The number of ether oxygens (including phenoxy) is 1. The lowest BCUT2D eigenvalue weighted by Gasteiger charge is -2.32. The quantitative estimate of drug-likeness (QED) is 0.721. The van der Waals surface area contributed by atoms with Crippen molar-refractivity contribution in [3.05, 3.63) is 75.5 Å². The van der Waals surface area contributed by atoms with Gasteiger partial charge in [0.25, 0.3) is 5.91 Å². The first kappa shape index (κ1) is 17.8. The fourth-order valence-corrected chi connectivity index (χ4v) is 3.52. The molecule has 1 aliphatic rings. The van der Waals surface area contributed by atoms with E-state index in [2.05, 4.69) is 0 Å². The molecule has 0 aliphatic carbocycles. The molecule has 0 radical (unpaired) electrons. The topological polar surface area (TPSA) is 29.5 Å². The number of nitrogens with zero attached hydrogens (tertiary/aromatic N) is 1. The minimum Gasteiger partial charge on any atom is -0.477 e. The van der Waals surface area contributed by atoms with Gasteiger partial charge in [-0.2, -0.15) is 0 Å². The number of hydrogen-bond donors (Lipinski definition) is 0. The third-order valence-corrected chi connectivity index (χ3v) is 4.74. The Labute approximate surface area is 157 Å². The summed E-state index contributed by atoms with van der Waals surface area (Å²) in [7, 11) is 0. The third kappa shape index (κ3) is 4.00. The van der Waals surface area contributed by atoms with Crippen LogP contribution in [-0.2, 0) is 9.53 Å². The van der Waals surface area contributed by atoms with Crippen molar-refractivity contribution in [3.63, 3.8) is 0 Å². The highest BCUT2D eigenvalue weighted by molar-refractivity contribution is 6.34. The summed E-state index contributed by atoms with van der Waals surface area (Å²) in [4.78, 5) is 14.7. The van der Waals surface area contributed by atoms with Gasteiger partial charge < -0.3 is 9.64 Å². The summed E-state index contributed by atoms with van der Waals surface area (Å²) in [5, 5.41) is 1.19. The maximum absolute atomic E-state index is 13.0. The Balaban J connectivity index is 1.81. The van der Waals surface area contributed by atoms with Gasteiger partial charge in [-0.3, -0.25) is 4.79 Å². The fraction of sp³-hybridized carbons (Fsp3) is 0.250. The van der Waals surface area contributed by atoms with Crippen LogP contribution in [-0.4, -0.2) is 24.1 Å². The minimum absolute atomic E-state index is 0.0186. The monoisotopic (exact) mass is 375 g/mol. The van der Waals surface area contributed by atoms with Gasteiger partial charge in [-0.15, -0.1) is 0 Å². The van der Waals surface area contributed by atoms with Gasteiger partial charge in [0, 0.05) is 16.6 Å². The number of halogens is 2. The zero-order valence-electron chi connectivity index (χ0n) is 14.1. The molecule has 0 saturated heterocycles. The van der Waals surface area contributed by atoms with E-state index in [1.54, 1.807) is 11.0 Å². The predicted octanol–water partition coefficient (Wildman–Crippen LogP) is 5.34. The van der Waals surface area contributed by atoms with Crippen molar-refractivity contribution in [2.45, 2.75) is 19.8 Å². The standard InChI is InChI=1S/C20H19Cl2NO2/c1-13(16-8-17(21)10-18(22)9-16)11-23-12-25-14(2)19(20(23)24)15-6-4-3-5-7-15/h3-10,13H,11-12H2,1-2H3. The number of carbonyl (C=O) groups excluding carboxylic acids is 1. The Morgan fingerprint density at radius 1 is 1.12 bits per heavy atom. The van der Waals surface area contributed by atoms with E-state index in [0.717, 1.165) is 11.1 Å². The lowest BCUT2D eigenvalue weighted by molar-refractivity contribution is -0.131. The van der Waals surface area contributed by atoms with Crippen LogP contribution >= 0.6 is 23.2 Å². The van der Waals surface area contributed by atoms with Gasteiger partial charge in [-0.05, 0) is 42.2 Å². The number of benzene rings is 2. The molecule has 1 amide bonds. The van der Waals surface area contributed by atoms with Crippen molar-refractivity contribution in [2.75, 3.05) is 13.3 Å². The van der Waals surface area contributed by atoms with Crippen molar-refractivity contribution < 1.29 is 9.53 Å². The number of amides is 1. The summed E-state index contributed by atoms with van der Waals surface area (Å²) in [5.74, 6) is 0.722. The Kier molecular flexibility index (Phi) is 5.36. The second kappa shape index (κ2) is 7.51. The van der Waals surface area contributed by atoms with Crippen LogP contribution in [0.2, 0.25) is 10.0 Å². The number of hydrogen-bond acceptors (Lipinski definition) is 2. The maximum Gasteiger partial charge on any atom is 0.260 e. The highest BCUT2D eigenvalue weighted by Crippen LogP contribution is 2.29. The summed E-state index contributed by atoms with van der Waals surface area (Å²) in [5.41, 5.74) is 2.48. The van der Waals surface area contributed by atoms with E-state index in [0.29, 0.717) is 27.9 Å². The minimum atomic E-state index is -0.0186. The molecule has 25 heavy (non-hydrogen) atoms. The normalized spacial score (nSPS) is 16.0. The SMILES string of the molecule is CC1=C(c2ccccc2)C(=O)N(CC(C)c2cc(Cl)cc(Cl)c2)CO1. The maximum atomic E-state index is 13.0. The van der Waals surface area contributed by atoms with Gasteiger partial charge in [0.05, 0.1) is 5.57 Å². The summed E-state index contributed by atoms with van der Waals surface area (Å²) in [6, 6.07) is 15.1. The molecule has 1 heterocycles. The summed E-state index contributed by atoms with van der Waals surface area (Å²) < 4.78 is 5.74. The largest absolute Gasteiger partial charge is 0.477 e. The predicted molar refractivity (Wildman–Crippen MR) is 102 cm³/mol. The zero-order chi connectivity index (χ0) is 18.0. The molecule has 0 N–H and O–H groups in total. The van der Waals surface area contributed by atoms with E-state index in [4.69, 9.17) is 27.9 Å². The molecule has 2 aromatic rings. The van der Waals surface area contributed by atoms with E-state index in [1.807, 2.05) is 56.3 Å². The molecule has 2 aromatic carbocycles. The van der Waals surface area contributed by atoms with Crippen LogP contribution in [0.3, 0.4) is 0 Å². The lowest BCUT2D eigenvalue weighted by atomic mass is 9.98. The van der Waals surface area contributed by atoms with Crippen LogP contribution in [0.5, 0.6) is 0 Å².